The Kier molecular flexibility index (Phi) is 6.98. The second-order valence-electron chi connectivity index (χ2n) is 4.20. The van der Waals surface area contributed by atoms with Crippen LogP contribution >= 0.6 is 0 Å². The summed E-state index contributed by atoms with van der Waals surface area (Å²) in [6.07, 6.45) is 0. The summed E-state index contributed by atoms with van der Waals surface area (Å²) in [6, 6.07) is 7.18. The molecule has 1 aromatic carbocycles. The molecule has 1 aromatic rings. The predicted molar refractivity (Wildman–Crippen MR) is 80.3 cm³/mol. The molecule has 0 aliphatic heterocycles. The zero-order valence-electron chi connectivity index (χ0n) is 12.8. The molecule has 120 valence electrons. The maximum atomic E-state index is 12.1. The van der Waals surface area contributed by atoms with Crippen LogP contribution in [0.15, 0.2) is 29.2 Å². The van der Waals surface area contributed by atoms with Crippen LogP contribution in [0.1, 0.15) is 19.4 Å². The first-order chi connectivity index (χ1) is 9.94. The highest BCUT2D eigenvalue weighted by molar-refractivity contribution is 7.86. The van der Waals surface area contributed by atoms with Gasteiger partial charge in [-0.15, -0.1) is 0 Å². The van der Waals surface area contributed by atoms with Gasteiger partial charge in [-0.1, -0.05) is 25.1 Å². The molecule has 0 spiro atoms. The van der Waals surface area contributed by atoms with Gasteiger partial charge in [0.05, 0.1) is 18.1 Å². The van der Waals surface area contributed by atoms with Gasteiger partial charge in [0, 0.05) is 20.3 Å². The molecule has 1 rings (SSSR count). The van der Waals surface area contributed by atoms with E-state index < -0.39 is 18.9 Å². The SMILES string of the molecule is CCOS(=O)(=O)c1ccccc1CO[Si](CC)(OC)OC. The van der Waals surface area contributed by atoms with Crippen LogP contribution in [-0.4, -0.2) is 38.0 Å². The molecule has 0 aliphatic rings. The topological polar surface area (TPSA) is 71.1 Å². The van der Waals surface area contributed by atoms with Crippen LogP contribution < -0.4 is 0 Å². The van der Waals surface area contributed by atoms with Crippen molar-refractivity contribution in [3.8, 4) is 0 Å². The van der Waals surface area contributed by atoms with E-state index in [4.69, 9.17) is 17.5 Å². The Labute approximate surface area is 127 Å². The zero-order chi connectivity index (χ0) is 15.9. The summed E-state index contributed by atoms with van der Waals surface area (Å²) in [7, 11) is -3.45. The molecule has 0 radical (unpaired) electrons. The Morgan fingerprint density at radius 1 is 1.10 bits per heavy atom. The van der Waals surface area contributed by atoms with E-state index in [1.165, 1.54) is 20.3 Å². The molecule has 0 N–H and O–H groups in total. The molecule has 0 fully saturated rings. The van der Waals surface area contributed by atoms with Crippen molar-refractivity contribution < 1.29 is 25.9 Å². The van der Waals surface area contributed by atoms with Gasteiger partial charge in [0.1, 0.15) is 0 Å². The Balaban J connectivity index is 3.00. The molecule has 0 aromatic heterocycles. The molecule has 0 heterocycles. The third-order valence-corrected chi connectivity index (χ3v) is 7.19. The van der Waals surface area contributed by atoms with Crippen molar-refractivity contribution >= 4 is 18.9 Å². The van der Waals surface area contributed by atoms with Crippen LogP contribution in [-0.2, 0) is 34.2 Å². The van der Waals surface area contributed by atoms with Gasteiger partial charge in [-0.05, 0) is 18.6 Å². The molecule has 0 atom stereocenters. The van der Waals surface area contributed by atoms with Crippen molar-refractivity contribution in [2.45, 2.75) is 31.4 Å². The molecule has 0 amide bonds. The van der Waals surface area contributed by atoms with Gasteiger partial charge in [0.2, 0.25) is 0 Å². The van der Waals surface area contributed by atoms with Crippen molar-refractivity contribution in [1.29, 1.82) is 0 Å². The van der Waals surface area contributed by atoms with E-state index in [1.807, 2.05) is 6.92 Å². The number of hydrogen-bond acceptors (Lipinski definition) is 6. The minimum atomic E-state index is -3.78. The molecule has 0 unspecified atom stereocenters. The van der Waals surface area contributed by atoms with Crippen LogP contribution in [0.2, 0.25) is 6.04 Å². The molecule has 8 heteroatoms. The minimum Gasteiger partial charge on any atom is -0.377 e. The Morgan fingerprint density at radius 3 is 2.24 bits per heavy atom. The van der Waals surface area contributed by atoms with E-state index in [-0.39, 0.29) is 18.1 Å². The summed E-state index contributed by atoms with van der Waals surface area (Å²) in [5, 5.41) is 0. The molecule has 21 heavy (non-hydrogen) atoms. The maximum absolute atomic E-state index is 12.1. The molecule has 0 bridgehead atoms. The first-order valence-electron chi connectivity index (χ1n) is 6.66. The first kappa shape index (κ1) is 18.3. The lowest BCUT2D eigenvalue weighted by molar-refractivity contribution is 0.0918. The van der Waals surface area contributed by atoms with Crippen LogP contribution in [0, 0.1) is 0 Å². The maximum Gasteiger partial charge on any atom is 0.500 e. The van der Waals surface area contributed by atoms with Crippen molar-refractivity contribution in [2.24, 2.45) is 0 Å². The Morgan fingerprint density at radius 2 is 1.71 bits per heavy atom. The zero-order valence-corrected chi connectivity index (χ0v) is 14.6. The lowest BCUT2D eigenvalue weighted by Gasteiger charge is -2.25. The summed E-state index contributed by atoms with van der Waals surface area (Å²) in [5.41, 5.74) is 0.519. The lowest BCUT2D eigenvalue weighted by Crippen LogP contribution is -2.42. The Hall–Kier alpha value is -0.773. The smallest absolute Gasteiger partial charge is 0.377 e. The third kappa shape index (κ3) is 4.60. The minimum absolute atomic E-state index is 0.0846. The molecule has 0 saturated heterocycles. The van der Waals surface area contributed by atoms with E-state index in [1.54, 1.807) is 25.1 Å². The fraction of sp³-hybridized carbons (Fsp3) is 0.538. The fourth-order valence-electron chi connectivity index (χ4n) is 1.87. The summed E-state index contributed by atoms with van der Waals surface area (Å²) in [6.45, 7) is 3.70. The summed E-state index contributed by atoms with van der Waals surface area (Å²) < 4.78 is 45.4. The number of benzene rings is 1. The van der Waals surface area contributed by atoms with Gasteiger partial charge in [-0.25, -0.2) is 0 Å². The third-order valence-electron chi connectivity index (χ3n) is 3.02. The fourth-order valence-corrected chi connectivity index (χ4v) is 4.56. The van der Waals surface area contributed by atoms with Gasteiger partial charge in [0.25, 0.3) is 10.1 Å². The van der Waals surface area contributed by atoms with Crippen molar-refractivity contribution in [1.82, 2.24) is 0 Å². The van der Waals surface area contributed by atoms with Gasteiger partial charge in [0.15, 0.2) is 0 Å². The average Bonchev–Trinajstić information content (AvgIpc) is 2.49. The van der Waals surface area contributed by atoms with Crippen molar-refractivity contribution in [2.75, 3.05) is 20.8 Å². The molecular formula is C13H22O6SSi. The normalized spacial score (nSPS) is 12.6. The van der Waals surface area contributed by atoms with Gasteiger partial charge < -0.3 is 13.3 Å². The Bertz CT molecular complexity index is 533. The van der Waals surface area contributed by atoms with Crippen LogP contribution in [0.4, 0.5) is 0 Å². The lowest BCUT2D eigenvalue weighted by atomic mass is 10.2. The number of rotatable bonds is 9. The summed E-state index contributed by atoms with van der Waals surface area (Å²) in [4.78, 5) is 0.109. The van der Waals surface area contributed by atoms with E-state index >= 15 is 0 Å². The largest absolute Gasteiger partial charge is 0.500 e. The van der Waals surface area contributed by atoms with E-state index in [2.05, 4.69) is 0 Å². The van der Waals surface area contributed by atoms with Crippen molar-refractivity contribution in [3.63, 3.8) is 0 Å². The molecular weight excluding hydrogens is 312 g/mol. The quantitative estimate of drug-likeness (QED) is 0.509. The summed E-state index contributed by atoms with van der Waals surface area (Å²) in [5.74, 6) is 0. The van der Waals surface area contributed by atoms with E-state index in [0.29, 0.717) is 11.6 Å². The predicted octanol–water partition coefficient (Wildman–Crippen LogP) is 2.18. The summed E-state index contributed by atoms with van der Waals surface area (Å²) >= 11 is 0. The van der Waals surface area contributed by atoms with Gasteiger partial charge >= 0.3 is 8.80 Å². The van der Waals surface area contributed by atoms with E-state index in [0.717, 1.165) is 0 Å². The molecule has 6 nitrogen and oxygen atoms in total. The van der Waals surface area contributed by atoms with Gasteiger partial charge in [-0.2, -0.15) is 8.42 Å². The monoisotopic (exact) mass is 334 g/mol. The second-order valence-corrected chi connectivity index (χ2v) is 8.96. The standard InChI is InChI=1S/C13H22O6SSi/c1-5-18-20(14,15)13-10-8-7-9-12(13)11-19-21(6-2,16-3)17-4/h7-10H,5-6,11H2,1-4H3. The highest BCUT2D eigenvalue weighted by atomic mass is 32.2. The first-order valence-corrected chi connectivity index (χ1v) is 10.00. The van der Waals surface area contributed by atoms with Gasteiger partial charge in [-0.3, -0.25) is 4.18 Å². The molecule has 0 saturated carbocycles. The highest BCUT2D eigenvalue weighted by Gasteiger charge is 2.37. The van der Waals surface area contributed by atoms with Crippen LogP contribution in [0.5, 0.6) is 0 Å². The van der Waals surface area contributed by atoms with Crippen LogP contribution in [0.25, 0.3) is 0 Å². The highest BCUT2D eigenvalue weighted by Crippen LogP contribution is 2.22. The molecule has 0 aliphatic carbocycles. The van der Waals surface area contributed by atoms with E-state index in [9.17, 15) is 8.42 Å². The van der Waals surface area contributed by atoms with Crippen LogP contribution in [0.3, 0.4) is 0 Å². The second kappa shape index (κ2) is 8.02. The van der Waals surface area contributed by atoms with Crippen molar-refractivity contribution in [3.05, 3.63) is 29.8 Å². The average molecular weight is 334 g/mol. The number of hydrogen-bond donors (Lipinski definition) is 0.